The SMILES string of the molecule is COC(=O)[C@H]1C[C@@H](C(=O)C=[N+]=[N-])CN1C(=O)OC(C)(C)C. The van der Waals surface area contributed by atoms with E-state index in [-0.39, 0.29) is 13.0 Å². The van der Waals surface area contributed by atoms with Crippen LogP contribution in [-0.2, 0) is 19.1 Å². The van der Waals surface area contributed by atoms with Crippen LogP contribution >= 0.6 is 0 Å². The van der Waals surface area contributed by atoms with Crippen LogP contribution in [0.1, 0.15) is 27.2 Å². The number of Topliss-reactive ketones (excluding diaryl/α,β-unsaturated/α-hetero) is 1. The molecule has 8 nitrogen and oxygen atoms in total. The van der Waals surface area contributed by atoms with Gasteiger partial charge in [-0.15, -0.1) is 0 Å². The fraction of sp³-hybridized carbons (Fsp3) is 0.692. The summed E-state index contributed by atoms with van der Waals surface area (Å²) in [6.07, 6.45) is 0.183. The summed E-state index contributed by atoms with van der Waals surface area (Å²) in [5.74, 6) is -1.70. The number of nitrogens with zero attached hydrogens (tertiary/aromatic N) is 3. The van der Waals surface area contributed by atoms with Crippen LogP contribution in [0.15, 0.2) is 0 Å². The lowest BCUT2D eigenvalue weighted by molar-refractivity contribution is -0.145. The van der Waals surface area contributed by atoms with Crippen LogP contribution in [0.4, 0.5) is 4.79 Å². The van der Waals surface area contributed by atoms with E-state index in [9.17, 15) is 14.4 Å². The van der Waals surface area contributed by atoms with Crippen molar-refractivity contribution >= 4 is 24.1 Å². The van der Waals surface area contributed by atoms with Crippen LogP contribution in [0.3, 0.4) is 0 Å². The van der Waals surface area contributed by atoms with Gasteiger partial charge in [-0.2, -0.15) is 4.79 Å². The highest BCUT2D eigenvalue weighted by Gasteiger charge is 2.44. The molecule has 1 fully saturated rings. The van der Waals surface area contributed by atoms with Crippen molar-refractivity contribution in [3.8, 4) is 0 Å². The van der Waals surface area contributed by atoms with E-state index < -0.39 is 35.4 Å². The Morgan fingerprint density at radius 2 is 1.95 bits per heavy atom. The third-order valence-electron chi connectivity index (χ3n) is 2.99. The molecule has 1 aliphatic heterocycles. The first kappa shape index (κ1) is 16.8. The normalized spacial score (nSPS) is 21.4. The van der Waals surface area contributed by atoms with Gasteiger partial charge in [0.2, 0.25) is 5.78 Å². The minimum absolute atomic E-state index is 0.0134. The number of methoxy groups -OCH3 is 1. The summed E-state index contributed by atoms with van der Waals surface area (Å²) >= 11 is 0. The molecule has 0 aromatic carbocycles. The Balaban J connectivity index is 2.92. The predicted octanol–water partition coefficient (Wildman–Crippen LogP) is 0.655. The Hall–Kier alpha value is -2.21. The lowest BCUT2D eigenvalue weighted by Gasteiger charge is -2.27. The lowest BCUT2D eigenvalue weighted by Crippen LogP contribution is -2.43. The van der Waals surface area contributed by atoms with Crippen molar-refractivity contribution in [1.82, 2.24) is 4.90 Å². The first-order valence-corrected chi connectivity index (χ1v) is 6.48. The third kappa shape index (κ3) is 4.39. The largest absolute Gasteiger partial charge is 0.467 e. The van der Waals surface area contributed by atoms with Gasteiger partial charge < -0.3 is 15.0 Å². The maximum Gasteiger partial charge on any atom is 0.411 e. The molecule has 2 atom stereocenters. The van der Waals surface area contributed by atoms with Crippen molar-refractivity contribution in [2.75, 3.05) is 13.7 Å². The maximum absolute atomic E-state index is 12.1. The second-order valence-electron chi connectivity index (χ2n) is 5.75. The Labute approximate surface area is 122 Å². The van der Waals surface area contributed by atoms with Gasteiger partial charge in [0.15, 0.2) is 0 Å². The molecule has 0 saturated carbocycles. The van der Waals surface area contributed by atoms with Gasteiger partial charge in [0.1, 0.15) is 11.6 Å². The number of rotatable bonds is 3. The van der Waals surface area contributed by atoms with E-state index in [1.807, 2.05) is 0 Å². The zero-order valence-electron chi connectivity index (χ0n) is 12.5. The van der Waals surface area contributed by atoms with Gasteiger partial charge >= 0.3 is 18.3 Å². The number of amides is 1. The number of hydrogen-bond acceptors (Lipinski definition) is 5. The molecule has 0 bridgehead atoms. The molecule has 1 heterocycles. The van der Waals surface area contributed by atoms with Gasteiger partial charge in [-0.05, 0) is 27.2 Å². The van der Waals surface area contributed by atoms with Crippen LogP contribution in [0.5, 0.6) is 0 Å². The van der Waals surface area contributed by atoms with Crippen LogP contribution < -0.4 is 0 Å². The van der Waals surface area contributed by atoms with Gasteiger partial charge in [0, 0.05) is 12.5 Å². The Bertz CT molecular complexity index is 491. The first-order valence-electron chi connectivity index (χ1n) is 6.48. The molecule has 8 heteroatoms. The quantitative estimate of drug-likeness (QED) is 0.329. The third-order valence-corrected chi connectivity index (χ3v) is 2.99. The molecule has 1 aliphatic rings. The molecule has 21 heavy (non-hydrogen) atoms. The second kappa shape index (κ2) is 6.49. The summed E-state index contributed by atoms with van der Waals surface area (Å²) in [5, 5.41) is 0. The molecule has 0 unspecified atom stereocenters. The van der Waals surface area contributed by atoms with Gasteiger partial charge in [-0.25, -0.2) is 9.59 Å². The summed E-state index contributed by atoms with van der Waals surface area (Å²) in [4.78, 5) is 39.4. The van der Waals surface area contributed by atoms with Crippen molar-refractivity contribution in [2.24, 2.45) is 5.92 Å². The molecule has 0 radical (unpaired) electrons. The Morgan fingerprint density at radius 3 is 2.43 bits per heavy atom. The number of hydrogen-bond donors (Lipinski definition) is 0. The number of ketones is 1. The molecule has 0 N–H and O–H groups in total. The average molecular weight is 297 g/mol. The number of ether oxygens (including phenoxy) is 2. The van der Waals surface area contributed by atoms with Crippen LogP contribution in [0.25, 0.3) is 5.53 Å². The van der Waals surface area contributed by atoms with E-state index in [0.29, 0.717) is 0 Å². The second-order valence-corrected chi connectivity index (χ2v) is 5.75. The number of carbonyl (C=O) groups excluding carboxylic acids is 3. The Morgan fingerprint density at radius 1 is 1.33 bits per heavy atom. The van der Waals surface area contributed by atoms with Gasteiger partial charge in [0.25, 0.3) is 0 Å². The fourth-order valence-corrected chi connectivity index (χ4v) is 2.09. The van der Waals surface area contributed by atoms with Crippen LogP contribution in [-0.4, -0.2) is 59.0 Å². The van der Waals surface area contributed by atoms with Crippen LogP contribution in [0, 0.1) is 5.92 Å². The van der Waals surface area contributed by atoms with E-state index in [1.54, 1.807) is 20.8 Å². The Kier molecular flexibility index (Phi) is 5.21. The molecule has 1 amide bonds. The van der Waals surface area contributed by atoms with E-state index in [4.69, 9.17) is 10.3 Å². The molecule has 0 spiro atoms. The standard InChI is InChI=1S/C13H19N3O5/c1-13(2,3)21-12(19)16-7-8(10(17)6-15-14)5-9(16)11(18)20-4/h6,8-9H,5,7H2,1-4H3/t8-,9-/m1/s1. The minimum Gasteiger partial charge on any atom is -0.467 e. The number of likely N-dealkylation sites (tertiary alicyclic amines) is 1. The fourth-order valence-electron chi connectivity index (χ4n) is 2.09. The van der Waals surface area contributed by atoms with Crippen molar-refractivity contribution in [1.29, 1.82) is 0 Å². The van der Waals surface area contributed by atoms with E-state index in [0.717, 1.165) is 6.21 Å². The van der Waals surface area contributed by atoms with E-state index >= 15 is 0 Å². The highest BCUT2D eigenvalue weighted by molar-refractivity contribution is 6.26. The first-order chi connectivity index (χ1) is 9.69. The summed E-state index contributed by atoms with van der Waals surface area (Å²) in [7, 11) is 1.21. The van der Waals surface area contributed by atoms with Crippen LogP contribution in [0.2, 0.25) is 0 Å². The molecular formula is C13H19N3O5. The highest BCUT2D eigenvalue weighted by atomic mass is 16.6. The number of esters is 1. The highest BCUT2D eigenvalue weighted by Crippen LogP contribution is 2.26. The topological polar surface area (TPSA) is 109 Å². The van der Waals surface area contributed by atoms with Gasteiger partial charge in [-0.1, -0.05) is 0 Å². The molecule has 1 rings (SSSR count). The van der Waals surface area contributed by atoms with Gasteiger partial charge in [-0.3, -0.25) is 9.69 Å². The molecule has 1 saturated heterocycles. The van der Waals surface area contributed by atoms with E-state index in [1.165, 1.54) is 12.0 Å². The summed E-state index contributed by atoms with van der Waals surface area (Å²) in [6.45, 7) is 5.12. The van der Waals surface area contributed by atoms with Crippen molar-refractivity contribution in [2.45, 2.75) is 38.8 Å². The summed E-state index contributed by atoms with van der Waals surface area (Å²) in [5.41, 5.74) is 7.68. The summed E-state index contributed by atoms with van der Waals surface area (Å²) in [6, 6.07) is -0.883. The predicted molar refractivity (Wildman–Crippen MR) is 71.5 cm³/mol. The van der Waals surface area contributed by atoms with Gasteiger partial charge in [0.05, 0.1) is 7.11 Å². The van der Waals surface area contributed by atoms with Crippen molar-refractivity contribution in [3.63, 3.8) is 0 Å². The lowest BCUT2D eigenvalue weighted by atomic mass is 10.0. The average Bonchev–Trinajstić information content (AvgIpc) is 2.81. The molecular weight excluding hydrogens is 278 g/mol. The minimum atomic E-state index is -0.883. The molecule has 0 aromatic heterocycles. The molecule has 116 valence electrons. The smallest absolute Gasteiger partial charge is 0.411 e. The van der Waals surface area contributed by atoms with E-state index in [2.05, 4.69) is 9.53 Å². The number of carbonyl (C=O) groups is 3. The zero-order valence-corrected chi connectivity index (χ0v) is 12.5. The molecule has 0 aromatic rings. The van der Waals surface area contributed by atoms with Crippen molar-refractivity contribution < 1.29 is 28.6 Å². The van der Waals surface area contributed by atoms with Crippen molar-refractivity contribution in [3.05, 3.63) is 5.53 Å². The summed E-state index contributed by atoms with van der Waals surface area (Å²) < 4.78 is 9.87. The molecule has 0 aliphatic carbocycles. The zero-order chi connectivity index (χ0) is 16.2. The maximum atomic E-state index is 12.1. The monoisotopic (exact) mass is 297 g/mol.